The Morgan fingerprint density at radius 3 is 1.94 bits per heavy atom. The summed E-state index contributed by atoms with van der Waals surface area (Å²) in [6.07, 6.45) is 0. The van der Waals surface area contributed by atoms with Crippen LogP contribution < -0.4 is 0 Å². The molecular weight excluding hydrogens is 302 g/mol. The third-order valence-corrected chi connectivity index (χ3v) is 6.28. The van der Waals surface area contributed by atoms with Gasteiger partial charge in [0.25, 0.3) is 0 Å². The first kappa shape index (κ1) is 16.2. The molecule has 9 heteroatoms. The van der Waals surface area contributed by atoms with Crippen molar-refractivity contribution in [2.24, 2.45) is 11.8 Å². The molecule has 1 aliphatic heterocycles. The van der Waals surface area contributed by atoms with E-state index in [0.717, 1.165) is 0 Å². The molecule has 1 fully saturated rings. The molecule has 1 heterocycles. The van der Waals surface area contributed by atoms with Crippen molar-refractivity contribution in [3.8, 4) is 0 Å². The average molecular weight is 320 g/mol. The molecule has 18 heavy (non-hydrogen) atoms. The van der Waals surface area contributed by atoms with Gasteiger partial charge in [0.1, 0.15) is 5.21 Å². The van der Waals surface area contributed by atoms with Gasteiger partial charge in [-0.05, 0) is 0 Å². The first-order chi connectivity index (χ1) is 7.94. The van der Waals surface area contributed by atoms with Crippen LogP contribution in [0.15, 0.2) is 0 Å². The summed E-state index contributed by atoms with van der Waals surface area (Å²) in [6, 6.07) is 0. The highest BCUT2D eigenvalue weighted by molar-refractivity contribution is 7.92. The number of hydrogen-bond acceptors (Lipinski definition) is 5. The third-order valence-electron chi connectivity index (χ3n) is 3.18. The summed E-state index contributed by atoms with van der Waals surface area (Å²) >= 11 is 5.35. The fourth-order valence-electron chi connectivity index (χ4n) is 2.65. The molecule has 0 aromatic rings. The van der Waals surface area contributed by atoms with Gasteiger partial charge in [-0.15, -0.1) is 11.6 Å². The first-order valence-electron chi connectivity index (χ1n) is 5.46. The van der Waals surface area contributed by atoms with Gasteiger partial charge in [-0.25, -0.2) is 16.8 Å². The molecule has 108 valence electrons. The quantitative estimate of drug-likeness (QED) is 0.386. The molecule has 0 radical (unpaired) electrons. The van der Waals surface area contributed by atoms with Gasteiger partial charge >= 0.3 is 0 Å². The maximum absolute atomic E-state index is 11.5. The highest BCUT2D eigenvalue weighted by atomic mass is 35.5. The highest BCUT2D eigenvalue weighted by Gasteiger charge is 2.42. The Labute approximate surface area is 113 Å². The fraction of sp³-hybridized carbons (Fsp3) is 1.00. The average Bonchev–Trinajstić information content (AvgIpc) is 2.37. The van der Waals surface area contributed by atoms with Crippen molar-refractivity contribution < 1.29 is 25.9 Å². The van der Waals surface area contributed by atoms with E-state index in [2.05, 4.69) is 0 Å². The van der Waals surface area contributed by atoms with E-state index in [1.54, 1.807) is 0 Å². The predicted octanol–water partition coefficient (Wildman–Crippen LogP) is -0.535. The number of hydrogen-bond donors (Lipinski definition) is 0. The monoisotopic (exact) mass is 319 g/mol. The van der Waals surface area contributed by atoms with Crippen LogP contribution in [0.2, 0.25) is 0 Å². The molecule has 0 aromatic heterocycles. The number of rotatable bonds is 5. The van der Waals surface area contributed by atoms with Crippen LogP contribution in [-0.2, 0) is 20.0 Å². The maximum atomic E-state index is 11.5. The zero-order valence-electron chi connectivity index (χ0n) is 10.4. The molecule has 1 rings (SSSR count). The fourth-order valence-corrected chi connectivity index (χ4v) is 4.94. The lowest BCUT2D eigenvalue weighted by Crippen LogP contribution is -2.37. The normalized spacial score (nSPS) is 28.4. The zero-order valence-corrected chi connectivity index (χ0v) is 12.8. The van der Waals surface area contributed by atoms with Gasteiger partial charge in [-0.1, -0.05) is 0 Å². The van der Waals surface area contributed by atoms with E-state index in [1.807, 2.05) is 14.1 Å². The molecule has 0 aromatic carbocycles. The van der Waals surface area contributed by atoms with Gasteiger partial charge in [-0.2, -0.15) is 0 Å². The highest BCUT2D eigenvalue weighted by Crippen LogP contribution is 2.29. The second kappa shape index (κ2) is 5.24. The SMILES string of the molecule is C[N+]1(C)CC(CS(=O)(=O)[O-])C(CS(=O)(=O)CCl)C1. The number of quaternary nitrogens is 1. The van der Waals surface area contributed by atoms with E-state index in [-0.39, 0.29) is 11.7 Å². The Bertz CT molecular complexity index is 499. The van der Waals surface area contributed by atoms with Crippen molar-refractivity contribution in [1.29, 1.82) is 0 Å². The number of alkyl halides is 1. The van der Waals surface area contributed by atoms with Crippen LogP contribution in [0.3, 0.4) is 0 Å². The van der Waals surface area contributed by atoms with E-state index < -0.39 is 36.8 Å². The summed E-state index contributed by atoms with van der Waals surface area (Å²) in [4.78, 5) is 0. The molecule has 0 bridgehead atoms. The summed E-state index contributed by atoms with van der Waals surface area (Å²) in [5.74, 6) is -1.40. The number of halogens is 1. The minimum atomic E-state index is -4.34. The standard InChI is InChI=1S/C9H18ClNO5S2/c1-11(2)3-8(5-17(12,13)7-10)9(4-11)6-18(14,15)16/h8-9H,3-7H2,1-2H3. The van der Waals surface area contributed by atoms with Gasteiger partial charge < -0.3 is 9.04 Å². The molecule has 1 saturated heterocycles. The lowest BCUT2D eigenvalue weighted by atomic mass is 10.0. The first-order valence-corrected chi connectivity index (χ1v) is 9.39. The summed E-state index contributed by atoms with van der Waals surface area (Å²) in [5.41, 5.74) is 0. The van der Waals surface area contributed by atoms with Crippen LogP contribution in [0, 0.1) is 11.8 Å². The molecule has 0 saturated carbocycles. The molecular formula is C9H18ClNO5S2. The van der Waals surface area contributed by atoms with Crippen molar-refractivity contribution in [1.82, 2.24) is 0 Å². The van der Waals surface area contributed by atoms with Crippen LogP contribution in [-0.4, -0.2) is 69.8 Å². The molecule has 2 atom stereocenters. The molecule has 0 amide bonds. The van der Waals surface area contributed by atoms with Crippen LogP contribution in [0.4, 0.5) is 0 Å². The van der Waals surface area contributed by atoms with E-state index in [0.29, 0.717) is 17.6 Å². The van der Waals surface area contributed by atoms with Crippen molar-refractivity contribution in [2.75, 3.05) is 43.9 Å². The molecule has 0 N–H and O–H groups in total. The Balaban J connectivity index is 2.87. The minimum absolute atomic E-state index is 0.154. The molecule has 0 spiro atoms. The summed E-state index contributed by atoms with van der Waals surface area (Å²) in [7, 11) is -3.95. The van der Waals surface area contributed by atoms with Crippen LogP contribution >= 0.6 is 11.6 Å². The third kappa shape index (κ3) is 5.00. The second-order valence-corrected chi connectivity index (χ2v) is 9.71. The van der Waals surface area contributed by atoms with E-state index >= 15 is 0 Å². The lowest BCUT2D eigenvalue weighted by Gasteiger charge is -2.23. The minimum Gasteiger partial charge on any atom is -0.748 e. The Hall–Kier alpha value is 0.110. The van der Waals surface area contributed by atoms with Crippen molar-refractivity contribution in [2.45, 2.75) is 0 Å². The van der Waals surface area contributed by atoms with E-state index in [4.69, 9.17) is 11.6 Å². The Morgan fingerprint density at radius 2 is 1.56 bits per heavy atom. The second-order valence-electron chi connectivity index (χ2n) is 5.56. The summed E-state index contributed by atoms with van der Waals surface area (Å²) in [5, 5.41) is -0.478. The Morgan fingerprint density at radius 1 is 1.11 bits per heavy atom. The number of likely N-dealkylation sites (tertiary alicyclic amines) is 1. The lowest BCUT2D eigenvalue weighted by molar-refractivity contribution is -0.880. The number of sulfone groups is 1. The van der Waals surface area contributed by atoms with Gasteiger partial charge in [0.05, 0.1) is 43.1 Å². The smallest absolute Gasteiger partial charge is 0.164 e. The number of nitrogens with zero attached hydrogens (tertiary/aromatic N) is 1. The van der Waals surface area contributed by atoms with Gasteiger partial charge in [-0.3, -0.25) is 0 Å². The van der Waals surface area contributed by atoms with Gasteiger partial charge in [0, 0.05) is 17.6 Å². The zero-order chi connectivity index (χ0) is 14.2. The predicted molar refractivity (Wildman–Crippen MR) is 67.9 cm³/mol. The summed E-state index contributed by atoms with van der Waals surface area (Å²) < 4.78 is 56.1. The topological polar surface area (TPSA) is 91.3 Å². The summed E-state index contributed by atoms with van der Waals surface area (Å²) in [6.45, 7) is 1.03. The van der Waals surface area contributed by atoms with Crippen molar-refractivity contribution in [3.05, 3.63) is 0 Å². The van der Waals surface area contributed by atoms with E-state index in [9.17, 15) is 21.4 Å². The van der Waals surface area contributed by atoms with Gasteiger partial charge in [0.15, 0.2) is 9.84 Å². The van der Waals surface area contributed by atoms with Crippen molar-refractivity contribution >= 4 is 31.6 Å². The van der Waals surface area contributed by atoms with Crippen LogP contribution in [0.1, 0.15) is 0 Å². The van der Waals surface area contributed by atoms with Gasteiger partial charge in [0.2, 0.25) is 0 Å². The maximum Gasteiger partial charge on any atom is 0.164 e. The van der Waals surface area contributed by atoms with Crippen LogP contribution in [0.25, 0.3) is 0 Å². The Kier molecular flexibility index (Phi) is 4.71. The van der Waals surface area contributed by atoms with Crippen LogP contribution in [0.5, 0.6) is 0 Å². The molecule has 0 aliphatic carbocycles. The molecule has 1 aliphatic rings. The van der Waals surface area contributed by atoms with E-state index in [1.165, 1.54) is 0 Å². The largest absolute Gasteiger partial charge is 0.748 e. The van der Waals surface area contributed by atoms with Crippen molar-refractivity contribution in [3.63, 3.8) is 0 Å². The molecule has 2 unspecified atom stereocenters. The molecule has 6 nitrogen and oxygen atoms in total.